The van der Waals surface area contributed by atoms with Gasteiger partial charge in [0.1, 0.15) is 12.7 Å². The quantitative estimate of drug-likeness (QED) is 0.195. The van der Waals surface area contributed by atoms with Crippen LogP contribution in [0.1, 0.15) is 47.5 Å². The van der Waals surface area contributed by atoms with E-state index in [4.69, 9.17) is 37.9 Å². The average molecular weight is 677 g/mol. The Kier molecular flexibility index (Phi) is 12.7. The molecule has 0 unspecified atom stereocenters. The molecule has 0 N–H and O–H groups in total. The number of ether oxygens (including phenoxy) is 8. The Balaban J connectivity index is 1.87. The molecule has 5 atom stereocenters. The van der Waals surface area contributed by atoms with Gasteiger partial charge in [0.05, 0.1) is 13.0 Å². The summed E-state index contributed by atoms with van der Waals surface area (Å²) in [6, 6.07) is 0. The lowest BCUT2D eigenvalue weighted by Gasteiger charge is -2.44. The van der Waals surface area contributed by atoms with Gasteiger partial charge in [-0.2, -0.15) is 0 Å². The molecule has 3 rings (SSSR count). The molecule has 16 heteroatoms. The largest absolute Gasteiger partial charge is 0.463 e. The molecule has 16 nitrogen and oxygen atoms in total. The highest BCUT2D eigenvalue weighted by atomic mass is 16.7. The number of ketones is 2. The van der Waals surface area contributed by atoms with Gasteiger partial charge in [-0.3, -0.25) is 38.4 Å². The number of allylic oxidation sites excluding steroid dienone is 4. The van der Waals surface area contributed by atoms with Crippen LogP contribution in [0, 0.1) is 0 Å². The van der Waals surface area contributed by atoms with Crippen LogP contribution < -0.4 is 0 Å². The van der Waals surface area contributed by atoms with Crippen molar-refractivity contribution in [1.82, 2.24) is 0 Å². The van der Waals surface area contributed by atoms with Crippen molar-refractivity contribution in [3.63, 3.8) is 0 Å². The Morgan fingerprint density at radius 2 is 1.10 bits per heavy atom. The second-order valence-electron chi connectivity index (χ2n) is 11.0. The van der Waals surface area contributed by atoms with Gasteiger partial charge in [-0.05, 0) is 48.6 Å². The van der Waals surface area contributed by atoms with E-state index in [1.807, 2.05) is 0 Å². The molecular weight excluding hydrogens is 640 g/mol. The van der Waals surface area contributed by atoms with Gasteiger partial charge in [0.2, 0.25) is 0 Å². The third-order valence-corrected chi connectivity index (χ3v) is 6.89. The maximum atomic E-state index is 13.0. The summed E-state index contributed by atoms with van der Waals surface area (Å²) in [5, 5.41) is 0. The third-order valence-electron chi connectivity index (χ3n) is 6.89. The van der Waals surface area contributed by atoms with Crippen molar-refractivity contribution >= 4 is 47.4 Å². The normalized spacial score (nSPS) is 25.1. The molecule has 0 aromatic rings. The van der Waals surface area contributed by atoms with E-state index in [1.54, 1.807) is 0 Å². The average Bonchev–Trinajstić information content (AvgIpc) is 2.97. The predicted octanol–water partition coefficient (Wildman–Crippen LogP) is 0.840. The maximum Gasteiger partial charge on any atom is 0.310 e. The van der Waals surface area contributed by atoms with Crippen LogP contribution in [0.4, 0.5) is 0 Å². The van der Waals surface area contributed by atoms with E-state index >= 15 is 0 Å². The first-order valence-electron chi connectivity index (χ1n) is 14.7. The lowest BCUT2D eigenvalue weighted by atomic mass is 9.93. The first-order valence-corrected chi connectivity index (χ1v) is 14.7. The molecule has 0 saturated carbocycles. The van der Waals surface area contributed by atoms with Crippen LogP contribution in [0.3, 0.4) is 0 Å². The molecule has 1 aliphatic heterocycles. The summed E-state index contributed by atoms with van der Waals surface area (Å²) in [5.74, 6) is -5.56. The maximum absolute atomic E-state index is 13.0. The van der Waals surface area contributed by atoms with E-state index in [0.29, 0.717) is 0 Å². The van der Waals surface area contributed by atoms with Crippen LogP contribution in [-0.4, -0.2) is 103 Å². The van der Waals surface area contributed by atoms with Gasteiger partial charge in [0, 0.05) is 41.0 Å². The SMILES string of the molecule is CC(=O)O[C@@H]1[C@@H](OC(C)=O)[C@H](OCCC2(OC(C)=O)C=CC(=O)C=C2)O[C@H](COC(=O)CC2(OC(C)=O)C=CC(=O)C=C2)[C@H]1OC(C)=O. The zero-order valence-electron chi connectivity index (χ0n) is 26.9. The summed E-state index contributed by atoms with van der Waals surface area (Å²) >= 11 is 0. The fourth-order valence-electron chi connectivity index (χ4n) is 5.07. The fraction of sp³-hybridized carbons (Fsp3) is 0.500. The summed E-state index contributed by atoms with van der Waals surface area (Å²) < 4.78 is 44.2. The molecule has 0 spiro atoms. The number of carbonyl (C=O) groups excluding carboxylic acids is 8. The van der Waals surface area contributed by atoms with Gasteiger partial charge in [0.25, 0.3) is 0 Å². The highest BCUT2D eigenvalue weighted by Gasteiger charge is 2.53. The highest BCUT2D eigenvalue weighted by Crippen LogP contribution is 2.32. The molecule has 0 amide bonds. The van der Waals surface area contributed by atoms with Gasteiger partial charge < -0.3 is 37.9 Å². The summed E-state index contributed by atoms with van der Waals surface area (Å²) in [6.07, 6.45) is 1.89. The van der Waals surface area contributed by atoms with Crippen LogP contribution in [0.5, 0.6) is 0 Å². The number of esters is 6. The third kappa shape index (κ3) is 10.8. The van der Waals surface area contributed by atoms with Crippen molar-refractivity contribution in [2.75, 3.05) is 13.2 Å². The molecule has 0 aromatic heterocycles. The van der Waals surface area contributed by atoms with Crippen molar-refractivity contribution in [2.24, 2.45) is 0 Å². The molecule has 2 aliphatic carbocycles. The molecule has 260 valence electrons. The van der Waals surface area contributed by atoms with E-state index in [1.165, 1.54) is 43.4 Å². The van der Waals surface area contributed by atoms with Gasteiger partial charge in [-0.15, -0.1) is 0 Å². The molecule has 48 heavy (non-hydrogen) atoms. The zero-order chi connectivity index (χ0) is 35.6. The number of rotatable bonds is 13. The fourth-order valence-corrected chi connectivity index (χ4v) is 5.07. The second kappa shape index (κ2) is 16.2. The Hall–Kier alpha value is -4.96. The minimum Gasteiger partial charge on any atom is -0.463 e. The zero-order valence-corrected chi connectivity index (χ0v) is 26.9. The molecule has 3 aliphatic rings. The van der Waals surface area contributed by atoms with Crippen LogP contribution in [0.2, 0.25) is 0 Å². The first kappa shape index (κ1) is 37.5. The summed E-state index contributed by atoms with van der Waals surface area (Å²) in [7, 11) is 0. The van der Waals surface area contributed by atoms with Crippen LogP contribution in [-0.2, 0) is 76.3 Å². The Morgan fingerprint density at radius 3 is 1.60 bits per heavy atom. The lowest BCUT2D eigenvalue weighted by Crippen LogP contribution is -2.63. The van der Waals surface area contributed by atoms with Crippen molar-refractivity contribution in [2.45, 2.75) is 89.4 Å². The van der Waals surface area contributed by atoms with Gasteiger partial charge in [0.15, 0.2) is 47.4 Å². The monoisotopic (exact) mass is 676 g/mol. The predicted molar refractivity (Wildman–Crippen MR) is 157 cm³/mol. The second-order valence-corrected chi connectivity index (χ2v) is 11.0. The smallest absolute Gasteiger partial charge is 0.310 e. The van der Waals surface area contributed by atoms with Gasteiger partial charge in [-0.1, -0.05) is 0 Å². The molecule has 0 bridgehead atoms. The summed E-state index contributed by atoms with van der Waals surface area (Å²) in [4.78, 5) is 96.3. The van der Waals surface area contributed by atoms with Gasteiger partial charge in [-0.25, -0.2) is 0 Å². The van der Waals surface area contributed by atoms with E-state index < -0.39 is 96.5 Å². The van der Waals surface area contributed by atoms with Crippen molar-refractivity contribution in [3.8, 4) is 0 Å². The highest BCUT2D eigenvalue weighted by molar-refractivity contribution is 6.01. The number of hydrogen-bond acceptors (Lipinski definition) is 16. The standard InChI is InChI=1S/C32H36O16/c1-18(33)43-27-25(17-42-26(40)16-32(48-22(5)37)12-8-24(39)9-13-32)46-30(29(45-20(3)35)28(27)44-19(2)34)41-15-14-31(47-21(4)36)10-6-23(38)7-11-31/h6-13,25,27-30H,14-17H2,1-5H3/t25-,27-,28+,29-,30-/m1/s1. The molecule has 1 saturated heterocycles. The van der Waals surface area contributed by atoms with Gasteiger partial charge >= 0.3 is 35.8 Å². The first-order chi connectivity index (χ1) is 22.5. The van der Waals surface area contributed by atoms with Crippen molar-refractivity contribution in [3.05, 3.63) is 48.6 Å². The Labute approximate surface area is 274 Å². The Morgan fingerprint density at radius 1 is 0.646 bits per heavy atom. The van der Waals surface area contributed by atoms with E-state index in [0.717, 1.165) is 39.8 Å². The lowest BCUT2D eigenvalue weighted by molar-refractivity contribution is -0.309. The molecular formula is C32H36O16. The number of hydrogen-bond donors (Lipinski definition) is 0. The summed E-state index contributed by atoms with van der Waals surface area (Å²) in [5.41, 5.74) is -2.98. The van der Waals surface area contributed by atoms with Crippen molar-refractivity contribution < 1.29 is 76.3 Å². The minimum atomic E-state index is -1.61. The molecule has 0 aromatic carbocycles. The van der Waals surface area contributed by atoms with E-state index in [-0.39, 0.29) is 18.8 Å². The molecule has 1 heterocycles. The number of carbonyl (C=O) groups is 8. The molecule has 0 radical (unpaired) electrons. The van der Waals surface area contributed by atoms with Crippen molar-refractivity contribution in [1.29, 1.82) is 0 Å². The van der Waals surface area contributed by atoms with Crippen LogP contribution in [0.15, 0.2) is 48.6 Å². The summed E-state index contributed by atoms with van der Waals surface area (Å²) in [6.45, 7) is 4.61. The minimum absolute atomic E-state index is 0.0491. The topological polar surface area (TPSA) is 210 Å². The van der Waals surface area contributed by atoms with E-state index in [2.05, 4.69) is 0 Å². The van der Waals surface area contributed by atoms with Crippen LogP contribution in [0.25, 0.3) is 0 Å². The van der Waals surface area contributed by atoms with Crippen LogP contribution >= 0.6 is 0 Å². The molecule has 1 fully saturated rings. The Bertz CT molecular complexity index is 1400. The van der Waals surface area contributed by atoms with E-state index in [9.17, 15) is 38.4 Å².